The largest absolute Gasteiger partial charge is 0.493 e. The second-order valence-corrected chi connectivity index (χ2v) is 7.27. The van der Waals surface area contributed by atoms with Crippen molar-refractivity contribution in [1.82, 2.24) is 20.4 Å². The standard InChI is InChI=1S/C23H24N4O3/c1-27-20(13-16-7-3-2-4-8-16)18(14-25-27)23(29)24-15-22(28)26-19-11-12-30-21-10-6-5-9-17(19)21/h2-10,14,19H,11-13,15H2,1H3,(H,24,29)(H,26,28). The lowest BCUT2D eigenvalue weighted by atomic mass is 10.0. The topological polar surface area (TPSA) is 85.2 Å². The molecule has 7 nitrogen and oxygen atoms in total. The van der Waals surface area contributed by atoms with Crippen molar-refractivity contribution >= 4 is 11.8 Å². The maximum absolute atomic E-state index is 12.7. The Morgan fingerprint density at radius 1 is 1.13 bits per heavy atom. The van der Waals surface area contributed by atoms with E-state index >= 15 is 0 Å². The summed E-state index contributed by atoms with van der Waals surface area (Å²) in [6, 6.07) is 17.4. The number of ether oxygens (including phenoxy) is 1. The molecule has 0 radical (unpaired) electrons. The minimum atomic E-state index is -0.309. The lowest BCUT2D eigenvalue weighted by Crippen LogP contribution is -2.40. The fourth-order valence-corrected chi connectivity index (χ4v) is 3.64. The van der Waals surface area contributed by atoms with Crippen LogP contribution in [0.5, 0.6) is 5.75 Å². The van der Waals surface area contributed by atoms with Crippen LogP contribution in [0.2, 0.25) is 0 Å². The first-order valence-electron chi connectivity index (χ1n) is 9.96. The molecule has 0 fully saturated rings. The van der Waals surface area contributed by atoms with Crippen molar-refractivity contribution in [3.63, 3.8) is 0 Å². The normalized spacial score (nSPS) is 15.0. The van der Waals surface area contributed by atoms with Gasteiger partial charge in [0.25, 0.3) is 5.91 Å². The van der Waals surface area contributed by atoms with Gasteiger partial charge in [-0.1, -0.05) is 48.5 Å². The second-order valence-electron chi connectivity index (χ2n) is 7.27. The first-order valence-corrected chi connectivity index (χ1v) is 9.96. The third-order valence-corrected chi connectivity index (χ3v) is 5.22. The van der Waals surface area contributed by atoms with Crippen LogP contribution in [0.1, 0.15) is 39.6 Å². The number of aryl methyl sites for hydroxylation is 1. The summed E-state index contributed by atoms with van der Waals surface area (Å²) in [7, 11) is 1.81. The minimum absolute atomic E-state index is 0.0992. The molecule has 2 heterocycles. The summed E-state index contributed by atoms with van der Waals surface area (Å²) in [5, 5.41) is 9.92. The summed E-state index contributed by atoms with van der Waals surface area (Å²) in [4.78, 5) is 25.2. The molecule has 0 bridgehead atoms. The number of amides is 2. The third kappa shape index (κ3) is 4.35. The first-order chi connectivity index (χ1) is 14.6. The number of nitrogens with one attached hydrogen (secondary N) is 2. The van der Waals surface area contributed by atoms with Crippen molar-refractivity contribution in [2.75, 3.05) is 13.2 Å². The van der Waals surface area contributed by atoms with E-state index in [0.29, 0.717) is 25.0 Å². The number of hydrogen-bond donors (Lipinski definition) is 2. The van der Waals surface area contributed by atoms with E-state index in [2.05, 4.69) is 15.7 Å². The van der Waals surface area contributed by atoms with Gasteiger partial charge in [-0.15, -0.1) is 0 Å². The molecule has 0 spiro atoms. The van der Waals surface area contributed by atoms with Gasteiger partial charge in [0, 0.05) is 25.5 Å². The van der Waals surface area contributed by atoms with Gasteiger partial charge >= 0.3 is 0 Å². The number of aromatic nitrogens is 2. The number of carbonyl (C=O) groups is 2. The molecule has 1 atom stereocenters. The molecule has 2 amide bonds. The molecule has 0 saturated heterocycles. The highest BCUT2D eigenvalue weighted by Crippen LogP contribution is 2.31. The second kappa shape index (κ2) is 8.82. The highest BCUT2D eigenvalue weighted by molar-refractivity contribution is 5.97. The smallest absolute Gasteiger partial charge is 0.255 e. The van der Waals surface area contributed by atoms with E-state index in [-0.39, 0.29) is 24.4 Å². The Morgan fingerprint density at radius 2 is 1.90 bits per heavy atom. The molecule has 4 rings (SSSR count). The Morgan fingerprint density at radius 3 is 2.73 bits per heavy atom. The summed E-state index contributed by atoms with van der Waals surface area (Å²) in [5.74, 6) is 0.245. The zero-order valence-corrected chi connectivity index (χ0v) is 16.8. The predicted octanol–water partition coefficient (Wildman–Crippen LogP) is 2.38. The summed E-state index contributed by atoms with van der Waals surface area (Å²) in [5.41, 5.74) is 3.33. The van der Waals surface area contributed by atoms with Crippen LogP contribution >= 0.6 is 0 Å². The first kappa shape index (κ1) is 19.7. The highest BCUT2D eigenvalue weighted by atomic mass is 16.5. The van der Waals surface area contributed by atoms with Crippen molar-refractivity contribution in [1.29, 1.82) is 0 Å². The Labute approximate surface area is 175 Å². The van der Waals surface area contributed by atoms with Crippen LogP contribution in [-0.4, -0.2) is 34.7 Å². The van der Waals surface area contributed by atoms with E-state index in [1.807, 2.05) is 61.6 Å². The van der Waals surface area contributed by atoms with E-state index in [4.69, 9.17) is 4.74 Å². The molecule has 3 aromatic rings. The molecule has 30 heavy (non-hydrogen) atoms. The molecule has 1 aromatic heterocycles. The van der Waals surface area contributed by atoms with E-state index in [0.717, 1.165) is 22.6 Å². The third-order valence-electron chi connectivity index (χ3n) is 5.22. The molecular weight excluding hydrogens is 380 g/mol. The number of nitrogens with zero attached hydrogens (tertiary/aromatic N) is 2. The summed E-state index contributed by atoms with van der Waals surface area (Å²) < 4.78 is 7.32. The van der Waals surface area contributed by atoms with Crippen LogP contribution in [0.25, 0.3) is 0 Å². The van der Waals surface area contributed by atoms with Crippen LogP contribution < -0.4 is 15.4 Å². The lowest BCUT2D eigenvalue weighted by molar-refractivity contribution is -0.121. The van der Waals surface area contributed by atoms with E-state index in [1.54, 1.807) is 10.9 Å². The summed E-state index contributed by atoms with van der Waals surface area (Å²) >= 11 is 0. The average molecular weight is 404 g/mol. The number of benzene rings is 2. The molecular formula is C23H24N4O3. The Bertz CT molecular complexity index is 1050. The zero-order chi connectivity index (χ0) is 20.9. The summed E-state index contributed by atoms with van der Waals surface area (Å²) in [6.45, 7) is 0.449. The number of para-hydroxylation sites is 1. The van der Waals surface area contributed by atoms with E-state index in [9.17, 15) is 9.59 Å². The monoisotopic (exact) mass is 404 g/mol. The molecule has 2 N–H and O–H groups in total. The van der Waals surface area contributed by atoms with Gasteiger partial charge in [-0.3, -0.25) is 14.3 Å². The number of carbonyl (C=O) groups excluding carboxylic acids is 2. The van der Waals surface area contributed by atoms with Crippen molar-refractivity contribution in [2.24, 2.45) is 7.05 Å². The quantitative estimate of drug-likeness (QED) is 0.661. The molecule has 2 aromatic carbocycles. The fraction of sp³-hybridized carbons (Fsp3) is 0.261. The van der Waals surface area contributed by atoms with Gasteiger partial charge in [-0.25, -0.2) is 0 Å². The summed E-state index contributed by atoms with van der Waals surface area (Å²) in [6.07, 6.45) is 2.83. The molecule has 1 aliphatic rings. The van der Waals surface area contributed by atoms with Gasteiger partial charge in [0.05, 0.1) is 36.6 Å². The number of fused-ring (bicyclic) bond motifs is 1. The lowest BCUT2D eigenvalue weighted by Gasteiger charge is -2.26. The molecule has 1 aliphatic heterocycles. The molecule has 0 saturated carbocycles. The van der Waals surface area contributed by atoms with Crippen molar-refractivity contribution in [2.45, 2.75) is 18.9 Å². The van der Waals surface area contributed by atoms with E-state index < -0.39 is 0 Å². The Balaban J connectivity index is 1.37. The Hall–Kier alpha value is -3.61. The van der Waals surface area contributed by atoms with Gasteiger partial charge in [0.15, 0.2) is 0 Å². The zero-order valence-electron chi connectivity index (χ0n) is 16.8. The number of hydrogen-bond acceptors (Lipinski definition) is 4. The van der Waals surface area contributed by atoms with Crippen LogP contribution in [0.15, 0.2) is 60.8 Å². The Kier molecular flexibility index (Phi) is 5.79. The highest BCUT2D eigenvalue weighted by Gasteiger charge is 2.23. The van der Waals surface area contributed by atoms with Crippen LogP contribution in [0.4, 0.5) is 0 Å². The maximum atomic E-state index is 12.7. The maximum Gasteiger partial charge on any atom is 0.255 e. The average Bonchev–Trinajstić information content (AvgIpc) is 3.13. The van der Waals surface area contributed by atoms with E-state index in [1.165, 1.54) is 0 Å². The molecule has 1 unspecified atom stereocenters. The van der Waals surface area contributed by atoms with Gasteiger partial charge in [0.1, 0.15) is 5.75 Å². The van der Waals surface area contributed by atoms with Gasteiger partial charge in [0.2, 0.25) is 5.91 Å². The van der Waals surface area contributed by atoms with Crippen LogP contribution in [-0.2, 0) is 18.3 Å². The fourth-order valence-electron chi connectivity index (χ4n) is 3.64. The van der Waals surface area contributed by atoms with Crippen molar-refractivity contribution in [3.05, 3.63) is 83.2 Å². The SMILES string of the molecule is Cn1ncc(C(=O)NCC(=O)NC2CCOc3ccccc32)c1Cc1ccccc1. The molecule has 0 aliphatic carbocycles. The van der Waals surface area contributed by atoms with Crippen molar-refractivity contribution < 1.29 is 14.3 Å². The van der Waals surface area contributed by atoms with Crippen molar-refractivity contribution in [3.8, 4) is 5.75 Å². The minimum Gasteiger partial charge on any atom is -0.493 e. The predicted molar refractivity (Wildman–Crippen MR) is 112 cm³/mol. The molecule has 7 heteroatoms. The van der Waals surface area contributed by atoms with Crippen LogP contribution in [0, 0.1) is 0 Å². The van der Waals surface area contributed by atoms with Gasteiger partial charge in [-0.05, 0) is 11.6 Å². The number of rotatable bonds is 6. The van der Waals surface area contributed by atoms with Crippen LogP contribution in [0.3, 0.4) is 0 Å². The van der Waals surface area contributed by atoms with Gasteiger partial charge in [-0.2, -0.15) is 5.10 Å². The molecule has 154 valence electrons. The van der Waals surface area contributed by atoms with Gasteiger partial charge < -0.3 is 15.4 Å².